The van der Waals surface area contributed by atoms with Crippen molar-refractivity contribution in [2.24, 2.45) is 4.99 Å². The third kappa shape index (κ3) is 5.73. The van der Waals surface area contributed by atoms with Gasteiger partial charge in [0.1, 0.15) is 24.2 Å². The number of nitrogens with zero attached hydrogens (tertiary/aromatic N) is 1. The minimum absolute atomic E-state index is 0.117. The normalized spacial score (nSPS) is 17.5. The molecule has 0 aromatic heterocycles. The zero-order chi connectivity index (χ0) is 21.5. The second kappa shape index (κ2) is 10.3. The lowest BCUT2D eigenvalue weighted by Crippen LogP contribution is -2.39. The largest absolute Gasteiger partial charge is 0.492 e. The monoisotopic (exact) mass is 427 g/mol. The molecule has 1 unspecified atom stereocenters. The molecular formula is C23H29N3O5. The van der Waals surface area contributed by atoms with Gasteiger partial charge in [0.05, 0.1) is 19.8 Å². The van der Waals surface area contributed by atoms with Crippen LogP contribution in [0.5, 0.6) is 23.0 Å². The molecule has 31 heavy (non-hydrogen) atoms. The number of guanidine groups is 1. The van der Waals surface area contributed by atoms with Gasteiger partial charge in [-0.05, 0) is 30.7 Å². The summed E-state index contributed by atoms with van der Waals surface area (Å²) in [5.41, 5.74) is 2.25. The van der Waals surface area contributed by atoms with Gasteiger partial charge < -0.3 is 34.3 Å². The zero-order valence-corrected chi connectivity index (χ0v) is 18.0. The van der Waals surface area contributed by atoms with Crippen molar-refractivity contribution in [2.45, 2.75) is 26.0 Å². The molecule has 2 aliphatic rings. The fourth-order valence-corrected chi connectivity index (χ4v) is 3.41. The number of aryl methyl sites for hydroxylation is 1. The summed E-state index contributed by atoms with van der Waals surface area (Å²) in [5.74, 6) is 3.79. The Hall–Kier alpha value is -3.13. The maximum absolute atomic E-state index is 6.17. The molecular weight excluding hydrogens is 398 g/mol. The number of rotatable bonds is 8. The summed E-state index contributed by atoms with van der Waals surface area (Å²) in [6.45, 7) is 5.42. The van der Waals surface area contributed by atoms with Crippen LogP contribution in [0.2, 0.25) is 0 Å². The number of benzene rings is 2. The summed E-state index contributed by atoms with van der Waals surface area (Å²) in [7, 11) is 1.75. The quantitative estimate of drug-likeness (QED) is 0.381. The van der Waals surface area contributed by atoms with E-state index in [-0.39, 0.29) is 12.9 Å². The lowest BCUT2D eigenvalue weighted by molar-refractivity contribution is 0.140. The van der Waals surface area contributed by atoms with E-state index in [0.29, 0.717) is 38.0 Å². The Morgan fingerprint density at radius 3 is 2.87 bits per heavy atom. The van der Waals surface area contributed by atoms with Crippen LogP contribution in [0.15, 0.2) is 41.4 Å². The highest BCUT2D eigenvalue weighted by Gasteiger charge is 2.19. The van der Waals surface area contributed by atoms with Gasteiger partial charge in [0.25, 0.3) is 0 Å². The summed E-state index contributed by atoms with van der Waals surface area (Å²) in [5, 5.41) is 6.60. The predicted molar refractivity (Wildman–Crippen MR) is 117 cm³/mol. The van der Waals surface area contributed by atoms with Crippen LogP contribution in [-0.4, -0.2) is 52.3 Å². The average Bonchev–Trinajstić information content (AvgIpc) is 3.46. The summed E-state index contributed by atoms with van der Waals surface area (Å²) in [6, 6.07) is 11.8. The molecule has 2 N–H and O–H groups in total. The van der Waals surface area contributed by atoms with Gasteiger partial charge in [0.2, 0.25) is 6.79 Å². The first kappa shape index (κ1) is 21.1. The molecule has 0 aliphatic carbocycles. The summed E-state index contributed by atoms with van der Waals surface area (Å²) in [4.78, 5) is 4.29. The maximum atomic E-state index is 6.17. The van der Waals surface area contributed by atoms with Crippen molar-refractivity contribution in [1.29, 1.82) is 0 Å². The van der Waals surface area contributed by atoms with E-state index in [1.165, 1.54) is 5.56 Å². The van der Waals surface area contributed by atoms with Crippen molar-refractivity contribution >= 4 is 5.96 Å². The standard InChI is InChI=1S/C23H29N3O5/c1-16-3-4-17(21(11-16)31-19-7-9-27-14-19)13-26-23(24-2)25-8-10-28-18-5-6-20-22(12-18)30-15-29-20/h3-6,11-12,19H,7-10,13-15H2,1-2H3,(H2,24,25,26). The van der Waals surface area contributed by atoms with Gasteiger partial charge in [0, 0.05) is 31.6 Å². The van der Waals surface area contributed by atoms with Crippen molar-refractivity contribution in [3.8, 4) is 23.0 Å². The fourth-order valence-electron chi connectivity index (χ4n) is 3.41. The average molecular weight is 428 g/mol. The maximum Gasteiger partial charge on any atom is 0.231 e. The molecule has 0 bridgehead atoms. The van der Waals surface area contributed by atoms with Crippen LogP contribution in [0.4, 0.5) is 0 Å². The molecule has 1 saturated heterocycles. The fraction of sp³-hybridized carbons (Fsp3) is 0.435. The molecule has 2 aliphatic heterocycles. The minimum Gasteiger partial charge on any atom is -0.492 e. The van der Waals surface area contributed by atoms with Crippen LogP contribution >= 0.6 is 0 Å². The number of ether oxygens (including phenoxy) is 5. The molecule has 0 radical (unpaired) electrons. The Kier molecular flexibility index (Phi) is 6.99. The second-order valence-electron chi connectivity index (χ2n) is 7.43. The van der Waals surface area contributed by atoms with E-state index < -0.39 is 0 Å². The zero-order valence-electron chi connectivity index (χ0n) is 18.0. The van der Waals surface area contributed by atoms with Crippen molar-refractivity contribution in [2.75, 3.05) is 40.2 Å². The van der Waals surface area contributed by atoms with Crippen LogP contribution in [0.3, 0.4) is 0 Å². The van der Waals surface area contributed by atoms with Crippen LogP contribution in [0.25, 0.3) is 0 Å². The molecule has 0 amide bonds. The lowest BCUT2D eigenvalue weighted by atomic mass is 10.1. The first-order chi connectivity index (χ1) is 15.2. The Morgan fingerprint density at radius 2 is 2.03 bits per heavy atom. The van der Waals surface area contributed by atoms with Gasteiger partial charge in [-0.3, -0.25) is 4.99 Å². The van der Waals surface area contributed by atoms with Crippen molar-refractivity contribution in [3.05, 3.63) is 47.5 Å². The molecule has 1 atom stereocenters. The molecule has 2 aromatic rings. The Bertz CT molecular complexity index is 912. The summed E-state index contributed by atoms with van der Waals surface area (Å²) in [6.07, 6.45) is 1.04. The van der Waals surface area contributed by atoms with E-state index >= 15 is 0 Å². The highest BCUT2D eigenvalue weighted by molar-refractivity contribution is 5.79. The van der Waals surface area contributed by atoms with Crippen LogP contribution < -0.4 is 29.6 Å². The Morgan fingerprint density at radius 1 is 1.13 bits per heavy atom. The molecule has 8 heteroatoms. The topological polar surface area (TPSA) is 82.6 Å². The van der Waals surface area contributed by atoms with Gasteiger partial charge in [-0.1, -0.05) is 12.1 Å². The molecule has 4 rings (SSSR count). The second-order valence-corrected chi connectivity index (χ2v) is 7.43. The minimum atomic E-state index is 0.117. The van der Waals surface area contributed by atoms with E-state index in [1.54, 1.807) is 7.05 Å². The Balaban J connectivity index is 1.24. The van der Waals surface area contributed by atoms with E-state index in [4.69, 9.17) is 23.7 Å². The summed E-state index contributed by atoms with van der Waals surface area (Å²) < 4.78 is 28.1. The SMILES string of the molecule is CN=C(NCCOc1ccc2c(c1)OCO2)NCc1ccc(C)cc1OC1CCOC1. The van der Waals surface area contributed by atoms with E-state index in [2.05, 4.69) is 40.7 Å². The van der Waals surface area contributed by atoms with Gasteiger partial charge in [-0.15, -0.1) is 0 Å². The van der Waals surface area contributed by atoms with E-state index in [9.17, 15) is 0 Å². The van der Waals surface area contributed by atoms with Gasteiger partial charge >= 0.3 is 0 Å². The molecule has 2 heterocycles. The molecule has 166 valence electrons. The van der Waals surface area contributed by atoms with E-state index in [0.717, 1.165) is 35.8 Å². The van der Waals surface area contributed by atoms with E-state index in [1.807, 2.05) is 18.2 Å². The number of fused-ring (bicyclic) bond motifs is 1. The first-order valence-corrected chi connectivity index (χ1v) is 10.5. The predicted octanol–water partition coefficient (Wildman–Crippen LogP) is 2.64. The molecule has 0 spiro atoms. The third-order valence-corrected chi connectivity index (χ3v) is 5.08. The number of nitrogens with one attached hydrogen (secondary N) is 2. The van der Waals surface area contributed by atoms with Gasteiger partial charge in [0.15, 0.2) is 17.5 Å². The lowest BCUT2D eigenvalue weighted by Gasteiger charge is -2.18. The number of aliphatic imine (C=N–C) groups is 1. The highest BCUT2D eigenvalue weighted by atomic mass is 16.7. The van der Waals surface area contributed by atoms with Crippen molar-refractivity contribution in [1.82, 2.24) is 10.6 Å². The smallest absolute Gasteiger partial charge is 0.231 e. The van der Waals surface area contributed by atoms with Gasteiger partial charge in [-0.25, -0.2) is 0 Å². The molecule has 8 nitrogen and oxygen atoms in total. The van der Waals surface area contributed by atoms with Crippen LogP contribution in [0, 0.1) is 6.92 Å². The molecule has 2 aromatic carbocycles. The van der Waals surface area contributed by atoms with Crippen LogP contribution in [0.1, 0.15) is 17.5 Å². The third-order valence-electron chi connectivity index (χ3n) is 5.08. The Labute approximate surface area is 182 Å². The van der Waals surface area contributed by atoms with Gasteiger partial charge in [-0.2, -0.15) is 0 Å². The summed E-state index contributed by atoms with van der Waals surface area (Å²) >= 11 is 0. The van der Waals surface area contributed by atoms with Crippen molar-refractivity contribution < 1.29 is 23.7 Å². The number of hydrogen-bond acceptors (Lipinski definition) is 6. The highest BCUT2D eigenvalue weighted by Crippen LogP contribution is 2.35. The van der Waals surface area contributed by atoms with Crippen LogP contribution in [-0.2, 0) is 11.3 Å². The molecule has 0 saturated carbocycles. The number of hydrogen-bond donors (Lipinski definition) is 2. The first-order valence-electron chi connectivity index (χ1n) is 10.5. The van der Waals surface area contributed by atoms with Crippen molar-refractivity contribution in [3.63, 3.8) is 0 Å². The molecule has 1 fully saturated rings.